The summed E-state index contributed by atoms with van der Waals surface area (Å²) in [4.78, 5) is 4.66. The molecule has 1 heterocycles. The van der Waals surface area contributed by atoms with Crippen LogP contribution in [-0.2, 0) is 0 Å². The third-order valence-corrected chi connectivity index (χ3v) is 3.68. The van der Waals surface area contributed by atoms with Crippen LogP contribution in [0.25, 0.3) is 0 Å². The van der Waals surface area contributed by atoms with Crippen molar-refractivity contribution in [3.63, 3.8) is 0 Å². The number of piperazine rings is 1. The fraction of sp³-hybridized carbons (Fsp3) is 0.571. The first-order valence-corrected chi connectivity index (χ1v) is 6.59. The summed E-state index contributed by atoms with van der Waals surface area (Å²) in [6, 6.07) is 7.17. The molecule has 18 heavy (non-hydrogen) atoms. The van der Waals surface area contributed by atoms with Crippen LogP contribution in [0.1, 0.15) is 18.0 Å². The summed E-state index contributed by atoms with van der Waals surface area (Å²) in [6.45, 7) is 4.63. The zero-order valence-electron chi connectivity index (χ0n) is 11.0. The van der Waals surface area contributed by atoms with Crippen molar-refractivity contribution in [3.05, 3.63) is 35.6 Å². The van der Waals surface area contributed by atoms with Gasteiger partial charge in [-0.3, -0.25) is 4.90 Å². The Bertz CT molecular complexity index is 375. The average Bonchev–Trinajstić information content (AvgIpc) is 2.38. The van der Waals surface area contributed by atoms with E-state index >= 15 is 0 Å². The van der Waals surface area contributed by atoms with Gasteiger partial charge in [0.05, 0.1) is 0 Å². The molecule has 1 atom stereocenters. The lowest BCUT2D eigenvalue weighted by molar-refractivity contribution is 0.106. The third-order valence-electron chi connectivity index (χ3n) is 3.68. The number of nitrogens with two attached hydrogens (primary N) is 1. The maximum atomic E-state index is 13.9. The third kappa shape index (κ3) is 3.07. The second kappa shape index (κ2) is 6.27. The monoisotopic (exact) mass is 251 g/mol. The number of rotatable bonds is 4. The van der Waals surface area contributed by atoms with E-state index in [9.17, 15) is 4.39 Å². The number of nitrogens with zero attached hydrogens (tertiary/aromatic N) is 2. The molecule has 0 aliphatic carbocycles. The van der Waals surface area contributed by atoms with Crippen molar-refractivity contribution in [2.24, 2.45) is 5.73 Å². The maximum absolute atomic E-state index is 13.9. The fourth-order valence-electron chi connectivity index (χ4n) is 2.57. The first kappa shape index (κ1) is 13.5. The predicted molar refractivity (Wildman–Crippen MR) is 71.9 cm³/mol. The van der Waals surface area contributed by atoms with E-state index in [4.69, 9.17) is 5.73 Å². The molecular weight excluding hydrogens is 229 g/mol. The summed E-state index contributed by atoms with van der Waals surface area (Å²) in [5.74, 6) is -0.116. The topological polar surface area (TPSA) is 32.5 Å². The van der Waals surface area contributed by atoms with Gasteiger partial charge in [-0.15, -0.1) is 0 Å². The maximum Gasteiger partial charge on any atom is 0.127 e. The Labute approximate surface area is 108 Å². The van der Waals surface area contributed by atoms with Crippen molar-refractivity contribution < 1.29 is 4.39 Å². The molecule has 100 valence electrons. The Balaban J connectivity index is 2.15. The number of likely N-dealkylation sites (N-methyl/N-ethyl adjacent to an activating group) is 1. The van der Waals surface area contributed by atoms with Gasteiger partial charge in [-0.05, 0) is 26.1 Å². The molecule has 1 aromatic rings. The van der Waals surface area contributed by atoms with Crippen LogP contribution < -0.4 is 5.73 Å². The van der Waals surface area contributed by atoms with Gasteiger partial charge in [0.15, 0.2) is 0 Å². The van der Waals surface area contributed by atoms with E-state index < -0.39 is 0 Å². The molecule has 2 rings (SSSR count). The van der Waals surface area contributed by atoms with Gasteiger partial charge in [0.1, 0.15) is 5.82 Å². The molecule has 1 aliphatic rings. The standard InChI is InChI=1S/C14H22FN3/c1-17-8-10-18(11-9-17)14(6-7-16)12-4-2-3-5-13(12)15/h2-5,14H,6-11,16H2,1H3. The van der Waals surface area contributed by atoms with E-state index in [0.29, 0.717) is 6.54 Å². The number of hydrogen-bond acceptors (Lipinski definition) is 3. The molecule has 1 aliphatic heterocycles. The second-order valence-electron chi connectivity index (χ2n) is 4.95. The minimum Gasteiger partial charge on any atom is -0.330 e. The number of hydrogen-bond donors (Lipinski definition) is 1. The molecule has 0 saturated carbocycles. The lowest BCUT2D eigenvalue weighted by atomic mass is 10.0. The molecule has 0 aromatic heterocycles. The molecule has 1 fully saturated rings. The Kier molecular flexibility index (Phi) is 4.69. The van der Waals surface area contributed by atoms with Gasteiger partial charge in [0, 0.05) is 37.8 Å². The molecule has 3 nitrogen and oxygen atoms in total. The molecule has 1 unspecified atom stereocenters. The minimum absolute atomic E-state index is 0.116. The van der Waals surface area contributed by atoms with Crippen LogP contribution in [0.4, 0.5) is 4.39 Å². The van der Waals surface area contributed by atoms with Gasteiger partial charge in [0.2, 0.25) is 0 Å². The first-order chi connectivity index (χ1) is 8.72. The largest absolute Gasteiger partial charge is 0.330 e. The lowest BCUT2D eigenvalue weighted by Crippen LogP contribution is -2.46. The normalized spacial score (nSPS) is 19.9. The Morgan fingerprint density at radius 2 is 1.89 bits per heavy atom. The molecule has 4 heteroatoms. The molecule has 0 radical (unpaired) electrons. The van der Waals surface area contributed by atoms with Crippen molar-refractivity contribution in [3.8, 4) is 0 Å². The van der Waals surface area contributed by atoms with Crippen LogP contribution in [0, 0.1) is 5.82 Å². The second-order valence-corrected chi connectivity index (χ2v) is 4.95. The quantitative estimate of drug-likeness (QED) is 0.879. The van der Waals surface area contributed by atoms with E-state index in [0.717, 1.165) is 38.2 Å². The van der Waals surface area contributed by atoms with Gasteiger partial charge < -0.3 is 10.6 Å². The van der Waals surface area contributed by atoms with Gasteiger partial charge >= 0.3 is 0 Å². The van der Waals surface area contributed by atoms with Gasteiger partial charge in [-0.2, -0.15) is 0 Å². The lowest BCUT2D eigenvalue weighted by Gasteiger charge is -2.38. The highest BCUT2D eigenvalue weighted by molar-refractivity contribution is 5.21. The van der Waals surface area contributed by atoms with Gasteiger partial charge in [-0.1, -0.05) is 18.2 Å². The van der Waals surface area contributed by atoms with Crippen molar-refractivity contribution >= 4 is 0 Å². The number of benzene rings is 1. The summed E-state index contributed by atoms with van der Waals surface area (Å²) >= 11 is 0. The fourth-order valence-corrected chi connectivity index (χ4v) is 2.57. The van der Waals surface area contributed by atoms with E-state index in [2.05, 4.69) is 16.8 Å². The molecule has 1 aromatic carbocycles. The molecule has 1 saturated heterocycles. The highest BCUT2D eigenvalue weighted by atomic mass is 19.1. The Morgan fingerprint density at radius 1 is 1.22 bits per heavy atom. The highest BCUT2D eigenvalue weighted by Crippen LogP contribution is 2.26. The van der Waals surface area contributed by atoms with E-state index in [1.807, 2.05) is 12.1 Å². The molecule has 0 spiro atoms. The Morgan fingerprint density at radius 3 is 2.50 bits per heavy atom. The Hall–Kier alpha value is -0.970. The van der Waals surface area contributed by atoms with Crippen LogP contribution in [0.2, 0.25) is 0 Å². The van der Waals surface area contributed by atoms with Crippen molar-refractivity contribution in [2.75, 3.05) is 39.8 Å². The first-order valence-electron chi connectivity index (χ1n) is 6.59. The molecule has 0 amide bonds. The zero-order valence-corrected chi connectivity index (χ0v) is 11.0. The SMILES string of the molecule is CN1CCN(C(CCN)c2ccccc2F)CC1. The summed E-state index contributed by atoms with van der Waals surface area (Å²) < 4.78 is 13.9. The van der Waals surface area contributed by atoms with E-state index in [-0.39, 0.29) is 11.9 Å². The van der Waals surface area contributed by atoms with Gasteiger partial charge in [0.25, 0.3) is 0 Å². The van der Waals surface area contributed by atoms with Crippen LogP contribution in [0.3, 0.4) is 0 Å². The van der Waals surface area contributed by atoms with Crippen LogP contribution in [-0.4, -0.2) is 49.6 Å². The summed E-state index contributed by atoms with van der Waals surface area (Å²) in [7, 11) is 2.12. The average molecular weight is 251 g/mol. The minimum atomic E-state index is -0.116. The summed E-state index contributed by atoms with van der Waals surface area (Å²) in [5, 5.41) is 0. The zero-order chi connectivity index (χ0) is 13.0. The number of halogens is 1. The highest BCUT2D eigenvalue weighted by Gasteiger charge is 2.24. The van der Waals surface area contributed by atoms with E-state index in [1.54, 1.807) is 6.07 Å². The molecular formula is C14H22FN3. The van der Waals surface area contributed by atoms with Crippen molar-refractivity contribution in [2.45, 2.75) is 12.5 Å². The summed E-state index contributed by atoms with van der Waals surface area (Å²) in [5.41, 5.74) is 6.48. The predicted octanol–water partition coefficient (Wildman–Crippen LogP) is 1.46. The molecule has 2 N–H and O–H groups in total. The van der Waals surface area contributed by atoms with E-state index in [1.165, 1.54) is 6.07 Å². The van der Waals surface area contributed by atoms with Crippen LogP contribution >= 0.6 is 0 Å². The van der Waals surface area contributed by atoms with Crippen molar-refractivity contribution in [1.29, 1.82) is 0 Å². The van der Waals surface area contributed by atoms with Gasteiger partial charge in [-0.25, -0.2) is 4.39 Å². The van der Waals surface area contributed by atoms with Crippen LogP contribution in [0.5, 0.6) is 0 Å². The smallest absolute Gasteiger partial charge is 0.127 e. The van der Waals surface area contributed by atoms with Crippen molar-refractivity contribution in [1.82, 2.24) is 9.80 Å². The summed E-state index contributed by atoms with van der Waals surface area (Å²) in [6.07, 6.45) is 0.810. The van der Waals surface area contributed by atoms with Crippen LogP contribution in [0.15, 0.2) is 24.3 Å². The molecule has 0 bridgehead atoms.